The maximum Gasteiger partial charge on any atom is 0.251 e. The minimum absolute atomic E-state index is 0.00395. The molecule has 4 heteroatoms. The lowest BCUT2D eigenvalue weighted by atomic mass is 9.96. The van der Waals surface area contributed by atoms with Crippen molar-refractivity contribution in [3.05, 3.63) is 29.6 Å². The number of aryl methyl sites for hydroxylation is 1. The highest BCUT2D eigenvalue weighted by molar-refractivity contribution is 5.94. The Morgan fingerprint density at radius 2 is 2.50 bits per heavy atom. The summed E-state index contributed by atoms with van der Waals surface area (Å²) in [6, 6.07) is 3.57. The van der Waals surface area contributed by atoms with E-state index in [9.17, 15) is 4.79 Å². The minimum atomic E-state index is 0.00395. The van der Waals surface area contributed by atoms with Crippen LogP contribution >= 0.6 is 0 Å². The molecule has 0 bridgehead atoms. The summed E-state index contributed by atoms with van der Waals surface area (Å²) in [6.07, 6.45) is 5.26. The molecule has 1 fully saturated rings. The van der Waals surface area contributed by atoms with E-state index in [0.717, 1.165) is 31.7 Å². The second-order valence-electron chi connectivity index (χ2n) is 4.94. The molecule has 0 aromatic carbocycles. The molecule has 1 amide bonds. The predicted octanol–water partition coefficient (Wildman–Crippen LogP) is 1.51. The molecule has 0 saturated carbocycles. The zero-order valence-electron chi connectivity index (χ0n) is 10.9. The quantitative estimate of drug-likeness (QED) is 0.848. The Kier molecular flexibility index (Phi) is 4.70. The summed E-state index contributed by atoms with van der Waals surface area (Å²) in [5.41, 5.74) is 1.57. The first-order valence-electron chi connectivity index (χ1n) is 6.67. The van der Waals surface area contributed by atoms with E-state index < -0.39 is 0 Å². The van der Waals surface area contributed by atoms with E-state index >= 15 is 0 Å². The Hall–Kier alpha value is -1.42. The van der Waals surface area contributed by atoms with Crippen LogP contribution < -0.4 is 10.6 Å². The summed E-state index contributed by atoms with van der Waals surface area (Å²) in [5, 5.41) is 6.37. The fraction of sp³-hybridized carbons (Fsp3) is 0.571. The largest absolute Gasteiger partial charge is 0.352 e. The molecular formula is C14H21N3O. The number of aromatic nitrogens is 1. The first kappa shape index (κ1) is 13.0. The van der Waals surface area contributed by atoms with Crippen molar-refractivity contribution in [3.8, 4) is 0 Å². The van der Waals surface area contributed by atoms with Gasteiger partial charge >= 0.3 is 0 Å². The van der Waals surface area contributed by atoms with Gasteiger partial charge in [-0.15, -0.1) is 0 Å². The molecule has 1 unspecified atom stereocenters. The standard InChI is InChI=1S/C14H21N3O/c1-11-9-13(5-8-16-11)14(18)17-7-4-12-3-2-6-15-10-12/h5,8-9,12,15H,2-4,6-7,10H2,1H3,(H,17,18). The van der Waals surface area contributed by atoms with Gasteiger partial charge in [-0.25, -0.2) is 0 Å². The number of rotatable bonds is 4. The molecule has 2 rings (SSSR count). The molecule has 0 spiro atoms. The molecule has 98 valence electrons. The molecule has 18 heavy (non-hydrogen) atoms. The van der Waals surface area contributed by atoms with Gasteiger partial charge in [0, 0.05) is 24.0 Å². The van der Waals surface area contributed by atoms with Crippen molar-refractivity contribution in [3.63, 3.8) is 0 Å². The lowest BCUT2D eigenvalue weighted by Crippen LogP contribution is -2.33. The van der Waals surface area contributed by atoms with Gasteiger partial charge in [-0.05, 0) is 57.3 Å². The number of nitrogens with zero attached hydrogens (tertiary/aromatic N) is 1. The predicted molar refractivity (Wildman–Crippen MR) is 71.5 cm³/mol. The van der Waals surface area contributed by atoms with E-state index in [2.05, 4.69) is 15.6 Å². The maximum absolute atomic E-state index is 11.9. The van der Waals surface area contributed by atoms with Crippen molar-refractivity contribution < 1.29 is 4.79 Å². The smallest absolute Gasteiger partial charge is 0.251 e. The maximum atomic E-state index is 11.9. The van der Waals surface area contributed by atoms with E-state index in [1.165, 1.54) is 12.8 Å². The van der Waals surface area contributed by atoms with E-state index in [4.69, 9.17) is 0 Å². The average molecular weight is 247 g/mol. The number of pyridine rings is 1. The number of piperidine rings is 1. The highest BCUT2D eigenvalue weighted by atomic mass is 16.1. The Balaban J connectivity index is 1.74. The van der Waals surface area contributed by atoms with Crippen molar-refractivity contribution in [1.82, 2.24) is 15.6 Å². The number of amides is 1. The SMILES string of the molecule is Cc1cc(C(=O)NCCC2CCCNC2)ccn1. The van der Waals surface area contributed by atoms with Gasteiger partial charge in [0.1, 0.15) is 0 Å². The van der Waals surface area contributed by atoms with Crippen LogP contribution in [0.3, 0.4) is 0 Å². The monoisotopic (exact) mass is 247 g/mol. The fourth-order valence-corrected chi connectivity index (χ4v) is 2.35. The first-order valence-corrected chi connectivity index (χ1v) is 6.67. The lowest BCUT2D eigenvalue weighted by Gasteiger charge is -2.22. The summed E-state index contributed by atoms with van der Waals surface area (Å²) in [7, 11) is 0. The Morgan fingerprint density at radius 3 is 3.22 bits per heavy atom. The molecule has 1 aliphatic rings. The molecule has 4 nitrogen and oxygen atoms in total. The zero-order chi connectivity index (χ0) is 12.8. The van der Waals surface area contributed by atoms with Crippen LogP contribution in [0.5, 0.6) is 0 Å². The van der Waals surface area contributed by atoms with Crippen LogP contribution in [0.15, 0.2) is 18.3 Å². The Morgan fingerprint density at radius 1 is 1.61 bits per heavy atom. The summed E-state index contributed by atoms with van der Waals surface area (Å²) in [5.74, 6) is 0.711. The van der Waals surface area contributed by atoms with Gasteiger partial charge in [-0.1, -0.05) is 0 Å². The molecule has 2 N–H and O–H groups in total. The molecular weight excluding hydrogens is 226 g/mol. The molecule has 1 saturated heterocycles. The number of carbonyl (C=O) groups excluding carboxylic acids is 1. The highest BCUT2D eigenvalue weighted by Gasteiger charge is 2.13. The van der Waals surface area contributed by atoms with E-state index in [1.54, 1.807) is 12.3 Å². The van der Waals surface area contributed by atoms with Gasteiger partial charge in [0.15, 0.2) is 0 Å². The molecule has 0 aliphatic carbocycles. The van der Waals surface area contributed by atoms with Crippen LogP contribution in [0.1, 0.15) is 35.3 Å². The molecule has 0 radical (unpaired) electrons. The van der Waals surface area contributed by atoms with Crippen LogP contribution in [0.2, 0.25) is 0 Å². The molecule has 1 aromatic rings. The topological polar surface area (TPSA) is 54.0 Å². The zero-order valence-corrected chi connectivity index (χ0v) is 10.9. The summed E-state index contributed by atoms with van der Waals surface area (Å²) in [4.78, 5) is 16.0. The number of hydrogen-bond donors (Lipinski definition) is 2. The molecule has 1 atom stereocenters. The summed E-state index contributed by atoms with van der Waals surface area (Å²) in [6.45, 7) is 4.88. The van der Waals surface area contributed by atoms with Crippen molar-refractivity contribution >= 4 is 5.91 Å². The summed E-state index contributed by atoms with van der Waals surface area (Å²) < 4.78 is 0. The third-order valence-corrected chi connectivity index (χ3v) is 3.40. The molecule has 1 aliphatic heterocycles. The van der Waals surface area contributed by atoms with Gasteiger partial charge in [0.05, 0.1) is 0 Å². The van der Waals surface area contributed by atoms with Crippen molar-refractivity contribution in [2.75, 3.05) is 19.6 Å². The highest BCUT2D eigenvalue weighted by Crippen LogP contribution is 2.13. The molecule has 1 aromatic heterocycles. The van der Waals surface area contributed by atoms with Gasteiger partial charge in [-0.2, -0.15) is 0 Å². The fourth-order valence-electron chi connectivity index (χ4n) is 2.35. The van der Waals surface area contributed by atoms with Gasteiger partial charge in [-0.3, -0.25) is 9.78 Å². The Bertz CT molecular complexity index is 400. The van der Waals surface area contributed by atoms with E-state index in [-0.39, 0.29) is 5.91 Å². The Labute approximate surface area is 108 Å². The normalized spacial score (nSPS) is 19.5. The third kappa shape index (κ3) is 3.81. The number of nitrogens with one attached hydrogen (secondary N) is 2. The lowest BCUT2D eigenvalue weighted by molar-refractivity contribution is 0.0950. The average Bonchev–Trinajstić information content (AvgIpc) is 2.40. The van der Waals surface area contributed by atoms with Crippen LogP contribution in [-0.4, -0.2) is 30.5 Å². The minimum Gasteiger partial charge on any atom is -0.352 e. The van der Waals surface area contributed by atoms with E-state index in [1.807, 2.05) is 13.0 Å². The van der Waals surface area contributed by atoms with Gasteiger partial charge in [0.2, 0.25) is 0 Å². The number of hydrogen-bond acceptors (Lipinski definition) is 3. The van der Waals surface area contributed by atoms with Crippen LogP contribution in [-0.2, 0) is 0 Å². The van der Waals surface area contributed by atoms with Gasteiger partial charge < -0.3 is 10.6 Å². The third-order valence-electron chi connectivity index (χ3n) is 3.40. The van der Waals surface area contributed by atoms with Crippen molar-refractivity contribution in [1.29, 1.82) is 0 Å². The molecule has 2 heterocycles. The van der Waals surface area contributed by atoms with Crippen LogP contribution in [0, 0.1) is 12.8 Å². The summed E-state index contributed by atoms with van der Waals surface area (Å²) >= 11 is 0. The second-order valence-corrected chi connectivity index (χ2v) is 4.94. The van der Waals surface area contributed by atoms with Gasteiger partial charge in [0.25, 0.3) is 5.91 Å². The van der Waals surface area contributed by atoms with Crippen LogP contribution in [0.4, 0.5) is 0 Å². The van der Waals surface area contributed by atoms with Crippen molar-refractivity contribution in [2.45, 2.75) is 26.2 Å². The number of carbonyl (C=O) groups is 1. The van der Waals surface area contributed by atoms with Crippen molar-refractivity contribution in [2.24, 2.45) is 5.92 Å². The van der Waals surface area contributed by atoms with E-state index in [0.29, 0.717) is 11.5 Å². The van der Waals surface area contributed by atoms with Crippen LogP contribution in [0.25, 0.3) is 0 Å². The first-order chi connectivity index (χ1) is 8.75. The second kappa shape index (κ2) is 6.50.